The molecular weight excluding hydrogens is 268 g/mol. The van der Waals surface area contributed by atoms with Gasteiger partial charge in [0.05, 0.1) is 0 Å². The summed E-state index contributed by atoms with van der Waals surface area (Å²) in [5, 5.41) is 0. The van der Waals surface area contributed by atoms with Crippen LogP contribution >= 0.6 is 0 Å². The van der Waals surface area contributed by atoms with Crippen LogP contribution in [-0.2, 0) is 35.0 Å². The van der Waals surface area contributed by atoms with Crippen molar-refractivity contribution in [3.05, 3.63) is 20.0 Å². The topological polar surface area (TPSA) is 59.7 Å². The molecule has 0 saturated heterocycles. The number of hydrogen-bond acceptors (Lipinski definition) is 0. The van der Waals surface area contributed by atoms with E-state index < -0.39 is 0 Å². The third-order valence-electron chi connectivity index (χ3n) is 0. The summed E-state index contributed by atoms with van der Waals surface area (Å²) in [5.74, 6) is 0. The molecule has 0 aliphatic rings. The molecule has 0 rings (SSSR count). The molecule has 0 atom stereocenters. The smallest absolute Gasteiger partial charge is 0 e. The molecule has 0 aliphatic carbocycles. The minimum absolute atomic E-state index is 0. The molecule has 0 bridgehead atoms. The molecule has 0 fully saturated rings. The Bertz CT molecular complexity index is 38.7. The predicted molar refractivity (Wildman–Crippen MR) is 11.8 cm³/mol. The Kier molecular flexibility index (Phi) is 69000. The second-order valence-corrected chi connectivity index (χ2v) is 0. The minimum atomic E-state index is 0. The standard InChI is InChI=1S/3CO.W/c3*1-2;. The van der Waals surface area contributed by atoms with Crippen molar-refractivity contribution in [1.82, 2.24) is 0 Å². The van der Waals surface area contributed by atoms with Gasteiger partial charge in [0, 0.05) is 21.1 Å². The monoisotopic (exact) mass is 268 g/mol. The molecule has 4 heteroatoms. The van der Waals surface area contributed by atoms with Crippen molar-refractivity contribution in [3.8, 4) is 0 Å². The largest absolute Gasteiger partial charge is 0 e. The van der Waals surface area contributed by atoms with Crippen LogP contribution in [0.25, 0.3) is 0 Å². The first-order valence-electron chi connectivity index (χ1n) is 0.612. The van der Waals surface area contributed by atoms with Gasteiger partial charge >= 0.3 is 33.9 Å². The molecular formula is C3O3W. The van der Waals surface area contributed by atoms with Gasteiger partial charge < -0.3 is 0 Å². The second-order valence-electron chi connectivity index (χ2n) is 0. The SMILES string of the molecule is [C-]#[O+].[C-]#[O+].[C-]#[O+].[W]. The van der Waals surface area contributed by atoms with Gasteiger partial charge in [-0.25, -0.2) is 0 Å². The summed E-state index contributed by atoms with van der Waals surface area (Å²) in [6.07, 6.45) is 0. The summed E-state index contributed by atoms with van der Waals surface area (Å²) < 4.78 is 22.5. The molecule has 0 heterocycles. The van der Waals surface area contributed by atoms with Crippen LogP contribution in [0.3, 0.4) is 0 Å². The summed E-state index contributed by atoms with van der Waals surface area (Å²) in [7, 11) is 0. The Morgan fingerprint density at radius 1 is 0.571 bits per heavy atom. The van der Waals surface area contributed by atoms with Gasteiger partial charge in [-0.15, -0.1) is 0 Å². The van der Waals surface area contributed by atoms with Gasteiger partial charge in [0.25, 0.3) is 0 Å². The fourth-order valence-corrected chi connectivity index (χ4v) is 0. The maximum Gasteiger partial charge on any atom is 0 e. The quantitative estimate of drug-likeness (QED) is 0.434. The average Bonchev–Trinajstić information content (AvgIpc) is 1.81. The maximum absolute atomic E-state index is 7.50. The van der Waals surface area contributed by atoms with E-state index in [0.717, 1.165) is 0 Å². The maximum atomic E-state index is 7.50. The zero-order valence-corrected chi connectivity index (χ0v) is 6.07. The summed E-state index contributed by atoms with van der Waals surface area (Å²) >= 11 is 0. The van der Waals surface area contributed by atoms with E-state index >= 15 is 0 Å². The molecule has 0 radical (unpaired) electrons. The van der Waals surface area contributed by atoms with E-state index in [-0.39, 0.29) is 21.1 Å². The molecule has 0 aromatic heterocycles. The Balaban J connectivity index is -0.00000000900. The van der Waals surface area contributed by atoms with Gasteiger partial charge in [-0.05, 0) is 0 Å². The van der Waals surface area contributed by atoms with E-state index in [1.807, 2.05) is 0 Å². The van der Waals surface area contributed by atoms with Crippen molar-refractivity contribution < 1.29 is 35.0 Å². The van der Waals surface area contributed by atoms with Crippen molar-refractivity contribution in [2.75, 3.05) is 0 Å². The van der Waals surface area contributed by atoms with Crippen LogP contribution in [0, 0.1) is 20.0 Å². The van der Waals surface area contributed by atoms with E-state index in [2.05, 4.69) is 20.0 Å². The van der Waals surface area contributed by atoms with Crippen molar-refractivity contribution in [1.29, 1.82) is 0 Å². The Hall–Kier alpha value is -0.0917. The first-order chi connectivity index (χ1) is 3.00. The van der Waals surface area contributed by atoms with Crippen molar-refractivity contribution >= 4 is 0 Å². The molecule has 0 saturated carbocycles. The average molecular weight is 268 g/mol. The van der Waals surface area contributed by atoms with Crippen LogP contribution in [-0.4, -0.2) is 0 Å². The van der Waals surface area contributed by atoms with Crippen molar-refractivity contribution in [2.24, 2.45) is 0 Å². The molecule has 0 N–H and O–H groups in total. The molecule has 0 aromatic rings. The van der Waals surface area contributed by atoms with Gasteiger partial charge in [0.15, 0.2) is 0 Å². The molecule has 7 heavy (non-hydrogen) atoms. The van der Waals surface area contributed by atoms with Crippen LogP contribution in [0.5, 0.6) is 0 Å². The predicted octanol–water partition coefficient (Wildman–Crippen LogP) is -0.115. The third-order valence-corrected chi connectivity index (χ3v) is 0. The summed E-state index contributed by atoms with van der Waals surface area (Å²) in [6.45, 7) is 13.5. The first kappa shape index (κ1) is 28.5. The van der Waals surface area contributed by atoms with Gasteiger partial charge in [0.2, 0.25) is 0 Å². The molecule has 36 valence electrons. The van der Waals surface area contributed by atoms with Gasteiger partial charge in [0.1, 0.15) is 0 Å². The van der Waals surface area contributed by atoms with Crippen molar-refractivity contribution in [2.45, 2.75) is 0 Å². The Labute approximate surface area is 55.5 Å². The zero-order chi connectivity index (χ0) is 6.00. The van der Waals surface area contributed by atoms with Crippen LogP contribution in [0.4, 0.5) is 0 Å². The number of rotatable bonds is 0. The van der Waals surface area contributed by atoms with E-state index in [9.17, 15) is 0 Å². The second kappa shape index (κ2) is 16900. The molecule has 3 nitrogen and oxygen atoms in total. The van der Waals surface area contributed by atoms with Gasteiger partial charge in [-0.2, -0.15) is 0 Å². The molecule has 0 aromatic carbocycles. The van der Waals surface area contributed by atoms with Crippen LogP contribution in [0.1, 0.15) is 0 Å². The third kappa shape index (κ3) is 10700. The number of hydrogen-bond donors (Lipinski definition) is 0. The van der Waals surface area contributed by atoms with Crippen LogP contribution < -0.4 is 0 Å². The van der Waals surface area contributed by atoms with E-state index in [0.29, 0.717) is 0 Å². The normalized spacial score (nSPS) is 0.857. The minimum Gasteiger partial charge on any atom is 0 e. The molecule has 0 unspecified atom stereocenters. The van der Waals surface area contributed by atoms with E-state index in [1.165, 1.54) is 0 Å². The zero-order valence-electron chi connectivity index (χ0n) is 3.13. The summed E-state index contributed by atoms with van der Waals surface area (Å²) in [4.78, 5) is 0. The Morgan fingerprint density at radius 3 is 0.571 bits per heavy atom. The fraction of sp³-hybridized carbons (Fsp3) is 0. The fourth-order valence-electron chi connectivity index (χ4n) is 0. The van der Waals surface area contributed by atoms with Crippen molar-refractivity contribution in [3.63, 3.8) is 0 Å². The van der Waals surface area contributed by atoms with Crippen LogP contribution in [0.2, 0.25) is 0 Å². The summed E-state index contributed by atoms with van der Waals surface area (Å²) in [6, 6.07) is 0. The van der Waals surface area contributed by atoms with E-state index in [1.54, 1.807) is 0 Å². The van der Waals surface area contributed by atoms with Gasteiger partial charge in [-0.1, -0.05) is 0 Å². The van der Waals surface area contributed by atoms with Gasteiger partial charge in [-0.3, -0.25) is 0 Å². The van der Waals surface area contributed by atoms with Crippen LogP contribution in [0.15, 0.2) is 0 Å². The summed E-state index contributed by atoms with van der Waals surface area (Å²) in [5.41, 5.74) is 0. The molecule has 0 spiro atoms. The Morgan fingerprint density at radius 2 is 0.571 bits per heavy atom. The molecule has 0 aliphatic heterocycles. The van der Waals surface area contributed by atoms with E-state index in [4.69, 9.17) is 14.0 Å². The first-order valence-corrected chi connectivity index (χ1v) is 0.612. The molecule has 0 amide bonds.